The molecule has 2 aromatic carbocycles. The van der Waals surface area contributed by atoms with Gasteiger partial charge < -0.3 is 14.8 Å². The molecule has 0 fully saturated rings. The molecule has 1 N–H and O–H groups in total. The third-order valence-electron chi connectivity index (χ3n) is 5.39. The van der Waals surface area contributed by atoms with Gasteiger partial charge >= 0.3 is 0 Å². The lowest BCUT2D eigenvalue weighted by Crippen LogP contribution is -2.35. The van der Waals surface area contributed by atoms with E-state index in [1.165, 1.54) is 4.90 Å². The summed E-state index contributed by atoms with van der Waals surface area (Å²) in [6.45, 7) is 1.11. The third kappa shape index (κ3) is 4.12. The lowest BCUT2D eigenvalue weighted by Gasteiger charge is -2.28. The van der Waals surface area contributed by atoms with Crippen LogP contribution in [0.2, 0.25) is 0 Å². The molecule has 0 saturated carbocycles. The van der Waals surface area contributed by atoms with Crippen LogP contribution < -0.4 is 0 Å². The highest BCUT2D eigenvalue weighted by atomic mass is 79.9. The first-order valence-corrected chi connectivity index (χ1v) is 10.7. The summed E-state index contributed by atoms with van der Waals surface area (Å²) < 4.78 is 0.679. The Morgan fingerprint density at radius 2 is 1.97 bits per heavy atom. The van der Waals surface area contributed by atoms with E-state index in [4.69, 9.17) is 5.26 Å². The molecule has 2 amide bonds. The van der Waals surface area contributed by atoms with Crippen LogP contribution in [0.15, 0.2) is 53.0 Å². The van der Waals surface area contributed by atoms with Gasteiger partial charge in [0.1, 0.15) is 5.69 Å². The van der Waals surface area contributed by atoms with E-state index in [0.29, 0.717) is 34.4 Å². The van der Waals surface area contributed by atoms with Crippen LogP contribution in [0.4, 0.5) is 0 Å². The highest BCUT2D eigenvalue weighted by molar-refractivity contribution is 9.10. The standard InChI is InChI=1S/C24H21BrN4O2/c1-28(2)24(31)22-12-17-7-6-16(11-21(17)27-22)18-4-3-9-29(14-18)23(30)19-10-15(13-26)5-8-20(19)25/h4-8,10-12,27H,3,9,14H2,1-2H3. The van der Waals surface area contributed by atoms with Gasteiger partial charge in [0, 0.05) is 42.6 Å². The smallest absolute Gasteiger partial charge is 0.269 e. The van der Waals surface area contributed by atoms with Crippen molar-refractivity contribution in [3.63, 3.8) is 0 Å². The molecule has 3 aromatic rings. The van der Waals surface area contributed by atoms with Crippen molar-refractivity contribution in [2.45, 2.75) is 6.42 Å². The number of amides is 2. The Labute approximate surface area is 188 Å². The summed E-state index contributed by atoms with van der Waals surface area (Å²) in [6.07, 6.45) is 2.91. The molecule has 0 spiro atoms. The van der Waals surface area contributed by atoms with Gasteiger partial charge in [-0.25, -0.2) is 0 Å². The van der Waals surface area contributed by atoms with Crippen LogP contribution in [0, 0.1) is 11.3 Å². The number of carbonyl (C=O) groups is 2. The van der Waals surface area contributed by atoms with Crippen LogP contribution in [-0.4, -0.2) is 53.8 Å². The Morgan fingerprint density at radius 3 is 2.71 bits per heavy atom. The molecule has 0 atom stereocenters. The van der Waals surface area contributed by atoms with Crippen LogP contribution >= 0.6 is 15.9 Å². The van der Waals surface area contributed by atoms with Crippen molar-refractivity contribution >= 4 is 44.2 Å². The molecule has 0 aliphatic carbocycles. The number of nitrogens with zero attached hydrogens (tertiary/aromatic N) is 3. The van der Waals surface area contributed by atoms with E-state index in [0.717, 1.165) is 28.5 Å². The fraction of sp³-hybridized carbons (Fsp3) is 0.208. The zero-order valence-electron chi connectivity index (χ0n) is 17.3. The summed E-state index contributed by atoms with van der Waals surface area (Å²) in [4.78, 5) is 31.9. The number of nitrogens with one attached hydrogen (secondary N) is 1. The maximum atomic E-state index is 13.1. The predicted octanol–water partition coefficient (Wildman–Crippen LogP) is 4.43. The van der Waals surface area contributed by atoms with E-state index in [9.17, 15) is 9.59 Å². The van der Waals surface area contributed by atoms with Crippen molar-refractivity contribution in [1.82, 2.24) is 14.8 Å². The van der Waals surface area contributed by atoms with E-state index < -0.39 is 0 Å². The fourth-order valence-corrected chi connectivity index (χ4v) is 4.15. The molecular weight excluding hydrogens is 456 g/mol. The van der Waals surface area contributed by atoms with Crippen LogP contribution in [0.25, 0.3) is 16.5 Å². The first kappa shape index (κ1) is 20.9. The number of hydrogen-bond donors (Lipinski definition) is 1. The normalized spacial score (nSPS) is 13.6. The number of aromatic amines is 1. The zero-order chi connectivity index (χ0) is 22.1. The van der Waals surface area contributed by atoms with Crippen molar-refractivity contribution in [2.75, 3.05) is 27.2 Å². The Hall–Kier alpha value is -3.37. The highest BCUT2D eigenvalue weighted by Gasteiger charge is 2.23. The predicted molar refractivity (Wildman–Crippen MR) is 124 cm³/mol. The second kappa shape index (κ2) is 8.40. The Balaban J connectivity index is 1.59. The summed E-state index contributed by atoms with van der Waals surface area (Å²) in [6, 6.07) is 15.0. The van der Waals surface area contributed by atoms with Crippen molar-refractivity contribution < 1.29 is 9.59 Å². The lowest BCUT2D eigenvalue weighted by atomic mass is 9.99. The van der Waals surface area contributed by atoms with Crippen LogP contribution in [-0.2, 0) is 0 Å². The van der Waals surface area contributed by atoms with Gasteiger partial charge in [-0.2, -0.15) is 5.26 Å². The fourth-order valence-electron chi connectivity index (χ4n) is 3.74. The number of fused-ring (bicyclic) bond motifs is 1. The quantitative estimate of drug-likeness (QED) is 0.606. The summed E-state index contributed by atoms with van der Waals surface area (Å²) in [5, 5.41) is 10.1. The molecule has 6 nitrogen and oxygen atoms in total. The van der Waals surface area contributed by atoms with Gasteiger partial charge in [0.15, 0.2) is 0 Å². The first-order valence-electron chi connectivity index (χ1n) is 9.90. The molecule has 1 aliphatic rings. The first-order chi connectivity index (χ1) is 14.9. The average Bonchev–Trinajstić information content (AvgIpc) is 3.21. The summed E-state index contributed by atoms with van der Waals surface area (Å²) >= 11 is 3.43. The Kier molecular flexibility index (Phi) is 5.66. The molecule has 0 radical (unpaired) electrons. The van der Waals surface area contributed by atoms with Crippen molar-refractivity contribution in [3.8, 4) is 6.07 Å². The number of rotatable bonds is 3. The number of carbonyl (C=O) groups excluding carboxylic acids is 2. The van der Waals surface area contributed by atoms with E-state index in [1.54, 1.807) is 37.2 Å². The van der Waals surface area contributed by atoms with Gasteiger partial charge in [0.05, 0.1) is 17.2 Å². The average molecular weight is 477 g/mol. The summed E-state index contributed by atoms with van der Waals surface area (Å²) in [7, 11) is 3.45. The number of H-pyrrole nitrogens is 1. The summed E-state index contributed by atoms with van der Waals surface area (Å²) in [5.74, 6) is -0.175. The Morgan fingerprint density at radius 1 is 1.16 bits per heavy atom. The topological polar surface area (TPSA) is 80.2 Å². The number of benzene rings is 2. The SMILES string of the molecule is CN(C)C(=O)c1cc2ccc(C3=CCCN(C(=O)c4cc(C#N)ccc4Br)C3)cc2[nH]1. The number of nitriles is 1. The molecule has 1 aliphatic heterocycles. The molecule has 0 unspecified atom stereocenters. The number of halogens is 1. The van der Waals surface area contributed by atoms with Crippen LogP contribution in [0.1, 0.15) is 38.4 Å². The second-order valence-electron chi connectivity index (χ2n) is 7.74. The minimum absolute atomic E-state index is 0.0726. The van der Waals surface area contributed by atoms with Crippen molar-refractivity contribution in [3.05, 3.63) is 75.4 Å². The van der Waals surface area contributed by atoms with E-state index in [2.05, 4.69) is 33.1 Å². The molecule has 0 bridgehead atoms. The third-order valence-corrected chi connectivity index (χ3v) is 6.09. The minimum Gasteiger partial charge on any atom is -0.351 e. The molecule has 2 heterocycles. The van der Waals surface area contributed by atoms with Crippen LogP contribution in [0.5, 0.6) is 0 Å². The maximum Gasteiger partial charge on any atom is 0.269 e. The molecule has 1 aromatic heterocycles. The Bertz CT molecular complexity index is 1270. The van der Waals surface area contributed by atoms with E-state index >= 15 is 0 Å². The monoisotopic (exact) mass is 476 g/mol. The van der Waals surface area contributed by atoms with E-state index in [1.807, 2.05) is 24.3 Å². The molecule has 7 heteroatoms. The molecule has 4 rings (SSSR count). The van der Waals surface area contributed by atoms with Gasteiger partial charge in [-0.15, -0.1) is 0 Å². The summed E-state index contributed by atoms with van der Waals surface area (Å²) in [5.41, 5.74) is 4.46. The van der Waals surface area contributed by atoms with Crippen molar-refractivity contribution in [2.24, 2.45) is 0 Å². The van der Waals surface area contributed by atoms with Crippen molar-refractivity contribution in [1.29, 1.82) is 5.26 Å². The second-order valence-corrected chi connectivity index (χ2v) is 8.59. The minimum atomic E-state index is -0.102. The largest absolute Gasteiger partial charge is 0.351 e. The molecule has 156 valence electrons. The van der Waals surface area contributed by atoms with Gasteiger partial charge in [-0.1, -0.05) is 18.2 Å². The lowest BCUT2D eigenvalue weighted by molar-refractivity contribution is 0.0773. The number of aromatic nitrogens is 1. The molecule has 0 saturated heterocycles. The van der Waals surface area contributed by atoms with Gasteiger partial charge in [-0.05, 0) is 63.8 Å². The number of hydrogen-bond acceptors (Lipinski definition) is 3. The van der Waals surface area contributed by atoms with Gasteiger partial charge in [0.25, 0.3) is 11.8 Å². The highest BCUT2D eigenvalue weighted by Crippen LogP contribution is 2.27. The van der Waals surface area contributed by atoms with E-state index in [-0.39, 0.29) is 11.8 Å². The van der Waals surface area contributed by atoms with Crippen LogP contribution in [0.3, 0.4) is 0 Å². The molecule has 31 heavy (non-hydrogen) atoms. The zero-order valence-corrected chi connectivity index (χ0v) is 18.9. The van der Waals surface area contributed by atoms with Gasteiger partial charge in [0.2, 0.25) is 0 Å². The molecular formula is C24H21BrN4O2. The maximum absolute atomic E-state index is 13.1. The van der Waals surface area contributed by atoms with Gasteiger partial charge in [-0.3, -0.25) is 9.59 Å².